The van der Waals surface area contributed by atoms with Crippen LogP contribution in [0.1, 0.15) is 20.8 Å². The highest BCUT2D eigenvalue weighted by Gasteiger charge is 2.12. The van der Waals surface area contributed by atoms with Crippen LogP contribution in [0.4, 0.5) is 11.5 Å². The van der Waals surface area contributed by atoms with Crippen molar-refractivity contribution in [2.24, 2.45) is 5.92 Å². The number of nitrogens with two attached hydrogens (primary N) is 1. The molecule has 98 valence electrons. The van der Waals surface area contributed by atoms with Crippen molar-refractivity contribution in [1.29, 1.82) is 5.26 Å². The summed E-state index contributed by atoms with van der Waals surface area (Å²) in [5, 5.41) is 8.87. The molecule has 5 heteroatoms. The highest BCUT2D eigenvalue weighted by atomic mass is 16.5. The lowest BCUT2D eigenvalue weighted by molar-refractivity contribution is 0.329. The maximum absolute atomic E-state index is 8.87. The van der Waals surface area contributed by atoms with E-state index >= 15 is 0 Å². The van der Waals surface area contributed by atoms with E-state index in [1.54, 1.807) is 6.07 Å². The second-order valence-corrected chi connectivity index (χ2v) is 4.07. The number of nitrogens with zero attached hydrogens (tertiary/aromatic N) is 3. The van der Waals surface area contributed by atoms with E-state index in [4.69, 9.17) is 15.7 Å². The molecule has 0 spiro atoms. The second-order valence-electron chi connectivity index (χ2n) is 4.07. The summed E-state index contributed by atoms with van der Waals surface area (Å²) in [7, 11) is 0. The molecule has 1 rings (SSSR count). The Bertz CT molecular complexity index is 427. The fourth-order valence-electron chi connectivity index (χ4n) is 1.63. The van der Waals surface area contributed by atoms with Crippen molar-refractivity contribution in [3.05, 3.63) is 12.1 Å². The molecule has 1 unspecified atom stereocenters. The normalized spacial score (nSPS) is 11.7. The van der Waals surface area contributed by atoms with E-state index in [0.717, 1.165) is 12.4 Å². The zero-order valence-corrected chi connectivity index (χ0v) is 11.2. The Balaban J connectivity index is 2.92. The number of aromatic nitrogens is 1. The SMILES string of the molecule is CCOc1nc(N(CC)CC(C)C#N)ccc1N. The molecule has 5 nitrogen and oxygen atoms in total. The van der Waals surface area contributed by atoms with E-state index < -0.39 is 0 Å². The first-order chi connectivity index (χ1) is 8.62. The van der Waals surface area contributed by atoms with E-state index in [-0.39, 0.29) is 5.92 Å². The van der Waals surface area contributed by atoms with Crippen molar-refractivity contribution < 1.29 is 4.74 Å². The van der Waals surface area contributed by atoms with E-state index in [9.17, 15) is 0 Å². The molecule has 2 N–H and O–H groups in total. The maximum atomic E-state index is 8.87. The number of ether oxygens (including phenoxy) is 1. The number of anilines is 2. The number of pyridine rings is 1. The highest BCUT2D eigenvalue weighted by molar-refractivity contribution is 5.54. The summed E-state index contributed by atoms with van der Waals surface area (Å²) in [4.78, 5) is 6.43. The Kier molecular flexibility index (Phi) is 5.25. The summed E-state index contributed by atoms with van der Waals surface area (Å²) in [6, 6.07) is 5.86. The smallest absolute Gasteiger partial charge is 0.239 e. The van der Waals surface area contributed by atoms with Crippen LogP contribution < -0.4 is 15.4 Å². The number of hydrogen-bond acceptors (Lipinski definition) is 5. The molecule has 0 radical (unpaired) electrons. The number of nitrogen functional groups attached to an aromatic ring is 1. The van der Waals surface area contributed by atoms with Crippen LogP contribution in [-0.4, -0.2) is 24.7 Å². The van der Waals surface area contributed by atoms with Crippen molar-refractivity contribution in [2.45, 2.75) is 20.8 Å². The lowest BCUT2D eigenvalue weighted by Gasteiger charge is -2.23. The van der Waals surface area contributed by atoms with Gasteiger partial charge in [0.15, 0.2) is 0 Å². The molecule has 1 aromatic rings. The molecule has 18 heavy (non-hydrogen) atoms. The molecular formula is C13H20N4O. The maximum Gasteiger partial charge on any atom is 0.239 e. The molecule has 0 bridgehead atoms. The summed E-state index contributed by atoms with van der Waals surface area (Å²) >= 11 is 0. The molecule has 0 saturated carbocycles. The lowest BCUT2D eigenvalue weighted by Crippen LogP contribution is -2.28. The summed E-state index contributed by atoms with van der Waals surface area (Å²) in [5.74, 6) is 1.20. The Hall–Kier alpha value is -1.96. The third kappa shape index (κ3) is 3.52. The molecule has 0 aromatic carbocycles. The van der Waals surface area contributed by atoms with Gasteiger partial charge in [0.05, 0.1) is 24.3 Å². The molecule has 0 aliphatic rings. The zero-order chi connectivity index (χ0) is 13.5. The Morgan fingerprint density at radius 1 is 1.50 bits per heavy atom. The Morgan fingerprint density at radius 2 is 2.22 bits per heavy atom. The summed E-state index contributed by atoms with van der Waals surface area (Å²) in [6.07, 6.45) is 0. The van der Waals surface area contributed by atoms with Gasteiger partial charge in [-0.2, -0.15) is 10.2 Å². The van der Waals surface area contributed by atoms with Gasteiger partial charge in [-0.05, 0) is 32.9 Å². The predicted octanol–water partition coefficient (Wildman–Crippen LogP) is 2.05. The van der Waals surface area contributed by atoms with Crippen molar-refractivity contribution in [2.75, 3.05) is 30.3 Å². The van der Waals surface area contributed by atoms with Crippen LogP contribution in [-0.2, 0) is 0 Å². The topological polar surface area (TPSA) is 75.2 Å². The minimum Gasteiger partial charge on any atom is -0.476 e. The molecule has 1 heterocycles. The van der Waals surface area contributed by atoms with Crippen LogP contribution in [0, 0.1) is 17.2 Å². The highest BCUT2D eigenvalue weighted by Crippen LogP contribution is 2.23. The molecular weight excluding hydrogens is 228 g/mol. The van der Waals surface area contributed by atoms with Gasteiger partial charge in [-0.1, -0.05) is 0 Å². The van der Waals surface area contributed by atoms with Gasteiger partial charge in [0, 0.05) is 13.1 Å². The number of rotatable bonds is 6. The molecule has 0 amide bonds. The van der Waals surface area contributed by atoms with Gasteiger partial charge >= 0.3 is 0 Å². The minimum atomic E-state index is -0.0418. The van der Waals surface area contributed by atoms with Crippen LogP contribution in [0.15, 0.2) is 12.1 Å². The first-order valence-corrected chi connectivity index (χ1v) is 6.16. The van der Waals surface area contributed by atoms with Crippen LogP contribution in [0.3, 0.4) is 0 Å². The summed E-state index contributed by atoms with van der Waals surface area (Å²) in [6.45, 7) is 7.78. The van der Waals surface area contributed by atoms with Crippen molar-refractivity contribution in [3.63, 3.8) is 0 Å². The van der Waals surface area contributed by atoms with Crippen LogP contribution >= 0.6 is 0 Å². The first-order valence-electron chi connectivity index (χ1n) is 6.16. The van der Waals surface area contributed by atoms with E-state index in [1.807, 2.05) is 31.7 Å². The van der Waals surface area contributed by atoms with E-state index in [0.29, 0.717) is 24.7 Å². The monoisotopic (exact) mass is 248 g/mol. The van der Waals surface area contributed by atoms with Gasteiger partial charge in [0.2, 0.25) is 5.88 Å². The van der Waals surface area contributed by atoms with Crippen LogP contribution in [0.5, 0.6) is 5.88 Å². The molecule has 0 saturated heterocycles. The van der Waals surface area contributed by atoms with Gasteiger partial charge in [0.1, 0.15) is 5.82 Å². The van der Waals surface area contributed by atoms with Gasteiger partial charge in [0.25, 0.3) is 0 Å². The number of nitriles is 1. The Labute approximate surface area is 108 Å². The van der Waals surface area contributed by atoms with Gasteiger partial charge < -0.3 is 15.4 Å². The largest absolute Gasteiger partial charge is 0.476 e. The van der Waals surface area contributed by atoms with Gasteiger partial charge in [-0.25, -0.2) is 0 Å². The zero-order valence-electron chi connectivity index (χ0n) is 11.2. The van der Waals surface area contributed by atoms with Crippen molar-refractivity contribution >= 4 is 11.5 Å². The van der Waals surface area contributed by atoms with Crippen LogP contribution in [0.2, 0.25) is 0 Å². The second kappa shape index (κ2) is 6.70. The fourth-order valence-corrected chi connectivity index (χ4v) is 1.63. The molecule has 1 aromatic heterocycles. The summed E-state index contributed by atoms with van der Waals surface area (Å²) < 4.78 is 5.38. The predicted molar refractivity (Wildman–Crippen MR) is 72.5 cm³/mol. The standard InChI is InChI=1S/C13H20N4O/c1-4-17(9-10(3)8-14)12-7-6-11(15)13(16-12)18-5-2/h6-7,10H,4-5,9,15H2,1-3H3. The molecule has 0 aliphatic carbocycles. The van der Waals surface area contributed by atoms with E-state index in [2.05, 4.69) is 11.1 Å². The Morgan fingerprint density at radius 3 is 2.78 bits per heavy atom. The third-order valence-corrected chi connectivity index (χ3v) is 2.58. The number of hydrogen-bond donors (Lipinski definition) is 1. The lowest BCUT2D eigenvalue weighted by atomic mass is 10.2. The first kappa shape index (κ1) is 14.1. The molecule has 0 aliphatic heterocycles. The minimum absolute atomic E-state index is 0.0418. The molecule has 1 atom stereocenters. The van der Waals surface area contributed by atoms with Crippen molar-refractivity contribution in [3.8, 4) is 11.9 Å². The summed E-state index contributed by atoms with van der Waals surface area (Å²) in [5.41, 5.74) is 6.32. The van der Waals surface area contributed by atoms with Crippen molar-refractivity contribution in [1.82, 2.24) is 4.98 Å². The van der Waals surface area contributed by atoms with Gasteiger partial charge in [-0.3, -0.25) is 0 Å². The van der Waals surface area contributed by atoms with Crippen LogP contribution in [0.25, 0.3) is 0 Å². The van der Waals surface area contributed by atoms with Gasteiger partial charge in [-0.15, -0.1) is 0 Å². The average molecular weight is 248 g/mol. The van der Waals surface area contributed by atoms with E-state index in [1.165, 1.54) is 0 Å². The quantitative estimate of drug-likeness (QED) is 0.833. The fraction of sp³-hybridized carbons (Fsp3) is 0.538. The molecule has 0 fully saturated rings. The third-order valence-electron chi connectivity index (χ3n) is 2.58. The average Bonchev–Trinajstić information content (AvgIpc) is 2.38.